The third-order valence-corrected chi connectivity index (χ3v) is 4.31. The Balaban J connectivity index is 2.33. The summed E-state index contributed by atoms with van der Waals surface area (Å²) < 4.78 is 0. The fourth-order valence-electron chi connectivity index (χ4n) is 2.21. The predicted octanol–water partition coefficient (Wildman–Crippen LogP) is 3.10. The molecule has 1 saturated carbocycles. The molecule has 0 amide bonds. The van der Waals surface area contributed by atoms with Crippen LogP contribution in [0.2, 0.25) is 5.02 Å². The van der Waals surface area contributed by atoms with Gasteiger partial charge in [-0.3, -0.25) is 0 Å². The first kappa shape index (κ1) is 11.3. The van der Waals surface area contributed by atoms with E-state index in [2.05, 4.69) is 12.1 Å². The van der Waals surface area contributed by atoms with Crippen molar-refractivity contribution < 1.29 is 0 Å². The van der Waals surface area contributed by atoms with Gasteiger partial charge in [0.2, 0.25) is 0 Å². The lowest BCUT2D eigenvalue weighted by Crippen LogP contribution is -2.23. The molecule has 0 heterocycles. The summed E-state index contributed by atoms with van der Waals surface area (Å²) in [4.78, 5) is 0. The van der Waals surface area contributed by atoms with Crippen molar-refractivity contribution in [1.82, 2.24) is 0 Å². The Kier molecular flexibility index (Phi) is 2.98. The molecular formula is C12H15Cl2N. The highest BCUT2D eigenvalue weighted by molar-refractivity contribution is 6.31. The van der Waals surface area contributed by atoms with E-state index in [4.69, 9.17) is 28.9 Å². The van der Waals surface area contributed by atoms with Gasteiger partial charge < -0.3 is 5.73 Å². The zero-order chi connectivity index (χ0) is 11.1. The molecule has 0 aliphatic heterocycles. The fourth-order valence-corrected chi connectivity index (χ4v) is 2.79. The smallest absolute Gasteiger partial charge is 0.0438 e. The molecule has 1 fully saturated rings. The van der Waals surface area contributed by atoms with Crippen molar-refractivity contribution in [2.24, 2.45) is 11.7 Å². The number of halogens is 2. The van der Waals surface area contributed by atoms with E-state index in [1.165, 1.54) is 5.56 Å². The first-order valence-corrected chi connectivity index (χ1v) is 6.08. The van der Waals surface area contributed by atoms with Crippen LogP contribution in [-0.2, 0) is 5.41 Å². The minimum absolute atomic E-state index is 0.0963. The Morgan fingerprint density at radius 2 is 2.27 bits per heavy atom. The molecule has 2 rings (SSSR count). The summed E-state index contributed by atoms with van der Waals surface area (Å²) in [6, 6.07) is 6.22. The number of hydrogen-bond donors (Lipinski definition) is 1. The van der Waals surface area contributed by atoms with Crippen LogP contribution < -0.4 is 5.73 Å². The van der Waals surface area contributed by atoms with E-state index in [9.17, 15) is 0 Å². The lowest BCUT2D eigenvalue weighted by Gasteiger charge is -2.16. The maximum atomic E-state index is 6.12. The van der Waals surface area contributed by atoms with E-state index >= 15 is 0 Å². The lowest BCUT2D eigenvalue weighted by atomic mass is 9.93. The van der Waals surface area contributed by atoms with Crippen molar-refractivity contribution in [3.05, 3.63) is 34.3 Å². The quantitative estimate of drug-likeness (QED) is 0.812. The third kappa shape index (κ3) is 1.77. The standard InChI is InChI=1S/C12H15Cl2N/c1-8-2-3-9(4-11(8)14)12(7-15)5-10(12)6-13/h2-4,10H,5-7,15H2,1H3/t10-,12+/m1/s1. The first-order chi connectivity index (χ1) is 7.14. The summed E-state index contributed by atoms with van der Waals surface area (Å²) in [5, 5.41) is 0.820. The van der Waals surface area contributed by atoms with E-state index in [1.54, 1.807) is 0 Å². The second-order valence-electron chi connectivity index (χ2n) is 4.38. The molecule has 0 spiro atoms. The Bertz CT molecular complexity index is 378. The van der Waals surface area contributed by atoms with Gasteiger partial charge in [-0.2, -0.15) is 0 Å². The molecule has 0 radical (unpaired) electrons. The van der Waals surface area contributed by atoms with Crippen LogP contribution >= 0.6 is 23.2 Å². The summed E-state index contributed by atoms with van der Waals surface area (Å²) in [7, 11) is 0. The van der Waals surface area contributed by atoms with Crippen LogP contribution in [0.1, 0.15) is 17.5 Å². The molecule has 0 saturated heterocycles. The van der Waals surface area contributed by atoms with Gasteiger partial charge in [0.05, 0.1) is 0 Å². The predicted molar refractivity (Wildman–Crippen MR) is 65.7 cm³/mol. The lowest BCUT2D eigenvalue weighted by molar-refractivity contribution is 0.644. The third-order valence-electron chi connectivity index (χ3n) is 3.53. The Morgan fingerprint density at radius 3 is 2.73 bits per heavy atom. The molecule has 1 aliphatic carbocycles. The van der Waals surface area contributed by atoms with Crippen molar-refractivity contribution in [3.63, 3.8) is 0 Å². The first-order valence-electron chi connectivity index (χ1n) is 5.16. The van der Waals surface area contributed by atoms with Crippen LogP contribution in [0.3, 0.4) is 0 Å². The monoisotopic (exact) mass is 243 g/mol. The molecular weight excluding hydrogens is 229 g/mol. The second-order valence-corrected chi connectivity index (χ2v) is 5.10. The summed E-state index contributed by atoms with van der Waals surface area (Å²) in [5.74, 6) is 1.20. The van der Waals surface area contributed by atoms with Crippen LogP contribution in [0, 0.1) is 12.8 Å². The van der Waals surface area contributed by atoms with Crippen molar-refractivity contribution >= 4 is 23.2 Å². The van der Waals surface area contributed by atoms with Crippen molar-refractivity contribution in [3.8, 4) is 0 Å². The highest BCUT2D eigenvalue weighted by atomic mass is 35.5. The molecule has 1 aromatic rings. The van der Waals surface area contributed by atoms with Crippen LogP contribution in [0.4, 0.5) is 0 Å². The normalized spacial score (nSPS) is 29.2. The number of hydrogen-bond acceptors (Lipinski definition) is 1. The van der Waals surface area contributed by atoms with E-state index in [-0.39, 0.29) is 5.41 Å². The number of aryl methyl sites for hydroxylation is 1. The number of benzene rings is 1. The van der Waals surface area contributed by atoms with Gasteiger partial charge in [0.25, 0.3) is 0 Å². The molecule has 2 N–H and O–H groups in total. The van der Waals surface area contributed by atoms with E-state index in [1.807, 2.05) is 13.0 Å². The molecule has 0 aromatic heterocycles. The maximum absolute atomic E-state index is 6.12. The molecule has 3 heteroatoms. The Morgan fingerprint density at radius 1 is 1.53 bits per heavy atom. The molecule has 0 unspecified atom stereocenters. The number of rotatable bonds is 3. The topological polar surface area (TPSA) is 26.0 Å². The largest absolute Gasteiger partial charge is 0.330 e. The van der Waals surface area contributed by atoms with Crippen LogP contribution in [0.15, 0.2) is 18.2 Å². The average molecular weight is 244 g/mol. The van der Waals surface area contributed by atoms with Crippen LogP contribution in [0.5, 0.6) is 0 Å². The molecule has 1 aliphatic rings. The van der Waals surface area contributed by atoms with Crippen LogP contribution in [-0.4, -0.2) is 12.4 Å². The van der Waals surface area contributed by atoms with Gasteiger partial charge in [-0.25, -0.2) is 0 Å². The van der Waals surface area contributed by atoms with Gasteiger partial charge >= 0.3 is 0 Å². The van der Waals surface area contributed by atoms with Gasteiger partial charge in [0.1, 0.15) is 0 Å². The fraction of sp³-hybridized carbons (Fsp3) is 0.500. The average Bonchev–Trinajstić information content (AvgIpc) is 2.97. The zero-order valence-electron chi connectivity index (χ0n) is 8.76. The maximum Gasteiger partial charge on any atom is 0.0438 e. The molecule has 15 heavy (non-hydrogen) atoms. The minimum atomic E-state index is 0.0963. The number of alkyl halides is 1. The second kappa shape index (κ2) is 3.97. The Labute approximate surface area is 101 Å². The SMILES string of the molecule is Cc1ccc([C@@]2(CN)C[C@@H]2CCl)cc1Cl. The van der Waals surface area contributed by atoms with Gasteiger partial charge in [-0.15, -0.1) is 11.6 Å². The van der Waals surface area contributed by atoms with Crippen LogP contribution in [0.25, 0.3) is 0 Å². The van der Waals surface area contributed by atoms with Gasteiger partial charge in [-0.1, -0.05) is 23.7 Å². The van der Waals surface area contributed by atoms with E-state index in [0.717, 1.165) is 17.0 Å². The molecule has 2 atom stereocenters. The summed E-state index contributed by atoms with van der Waals surface area (Å²) in [6.07, 6.45) is 1.09. The summed E-state index contributed by atoms with van der Waals surface area (Å²) in [5.41, 5.74) is 8.30. The molecule has 1 nitrogen and oxygen atoms in total. The molecule has 1 aromatic carbocycles. The van der Waals surface area contributed by atoms with Gasteiger partial charge in [-0.05, 0) is 36.5 Å². The minimum Gasteiger partial charge on any atom is -0.330 e. The highest BCUT2D eigenvalue weighted by Crippen LogP contribution is 2.54. The summed E-state index contributed by atoms with van der Waals surface area (Å²) >= 11 is 12.0. The molecule has 82 valence electrons. The zero-order valence-corrected chi connectivity index (χ0v) is 10.3. The molecule has 0 bridgehead atoms. The number of nitrogens with two attached hydrogens (primary N) is 1. The van der Waals surface area contributed by atoms with E-state index < -0.39 is 0 Å². The summed E-state index contributed by atoms with van der Waals surface area (Å²) in [6.45, 7) is 2.66. The van der Waals surface area contributed by atoms with Gasteiger partial charge in [0, 0.05) is 22.9 Å². The van der Waals surface area contributed by atoms with Crippen molar-refractivity contribution in [2.75, 3.05) is 12.4 Å². The Hall–Kier alpha value is -0.240. The highest BCUT2D eigenvalue weighted by Gasteiger charge is 2.53. The van der Waals surface area contributed by atoms with Crippen molar-refractivity contribution in [1.29, 1.82) is 0 Å². The van der Waals surface area contributed by atoms with E-state index in [0.29, 0.717) is 18.3 Å². The van der Waals surface area contributed by atoms with Crippen molar-refractivity contribution in [2.45, 2.75) is 18.8 Å². The van der Waals surface area contributed by atoms with Gasteiger partial charge in [0.15, 0.2) is 0 Å².